The number of nitrogens with zero attached hydrogens (tertiary/aromatic N) is 3. The zero-order valence-electron chi connectivity index (χ0n) is 12.7. The molecule has 0 aliphatic rings. The van der Waals surface area contributed by atoms with E-state index in [0.29, 0.717) is 11.9 Å². The predicted molar refractivity (Wildman–Crippen MR) is 96.1 cm³/mol. The summed E-state index contributed by atoms with van der Waals surface area (Å²) in [7, 11) is 0. The van der Waals surface area contributed by atoms with Crippen molar-refractivity contribution < 1.29 is 0 Å². The first-order valence-corrected chi connectivity index (χ1v) is 8.04. The van der Waals surface area contributed by atoms with Gasteiger partial charge in [-0.2, -0.15) is 0 Å². The molecule has 2 aromatic carbocycles. The van der Waals surface area contributed by atoms with Crippen LogP contribution in [0.1, 0.15) is 11.1 Å². The van der Waals surface area contributed by atoms with Gasteiger partial charge in [0.1, 0.15) is 0 Å². The van der Waals surface area contributed by atoms with E-state index < -0.39 is 0 Å². The van der Waals surface area contributed by atoms with Gasteiger partial charge in [-0.05, 0) is 55.3 Å². The summed E-state index contributed by atoms with van der Waals surface area (Å²) in [6, 6.07) is 10.1. The molecule has 0 saturated heterocycles. The van der Waals surface area contributed by atoms with Gasteiger partial charge in [-0.1, -0.05) is 15.9 Å². The van der Waals surface area contributed by atoms with Crippen LogP contribution in [-0.4, -0.2) is 19.9 Å². The molecular weight excluding hydrogens is 354 g/mol. The monoisotopic (exact) mass is 367 g/mol. The molecule has 0 bridgehead atoms. The number of nitrogens with one attached hydrogen (secondary N) is 2. The van der Waals surface area contributed by atoms with E-state index in [4.69, 9.17) is 0 Å². The van der Waals surface area contributed by atoms with E-state index in [2.05, 4.69) is 67.2 Å². The van der Waals surface area contributed by atoms with Crippen molar-refractivity contribution in [2.45, 2.75) is 13.8 Å². The Balaban J connectivity index is 1.71. The Labute approximate surface area is 141 Å². The quantitative estimate of drug-likeness (QED) is 0.541. The third kappa shape index (κ3) is 2.66. The molecule has 4 rings (SSSR count). The third-order valence-corrected chi connectivity index (χ3v) is 4.36. The van der Waals surface area contributed by atoms with Gasteiger partial charge in [0, 0.05) is 16.1 Å². The number of imidazole rings is 1. The standard InChI is InChI=1S/C17H14BrN5/c1-9-5-14-15(6-10(9)2)22-17(21-14)23-16-19-8-11-7-12(18)3-4-13(11)20-16/h3-8H,1-2H3,(H2,19,20,21,22,23). The maximum Gasteiger partial charge on any atom is 0.230 e. The first kappa shape index (κ1) is 14.1. The lowest BCUT2D eigenvalue weighted by Crippen LogP contribution is -1.98. The zero-order valence-corrected chi connectivity index (χ0v) is 14.3. The number of aryl methyl sites for hydroxylation is 2. The fourth-order valence-electron chi connectivity index (χ4n) is 2.50. The van der Waals surface area contributed by atoms with E-state index >= 15 is 0 Å². The number of hydrogen-bond acceptors (Lipinski definition) is 4. The third-order valence-electron chi connectivity index (χ3n) is 3.87. The van der Waals surface area contributed by atoms with Crippen molar-refractivity contribution in [2.24, 2.45) is 0 Å². The average molecular weight is 368 g/mol. The van der Waals surface area contributed by atoms with Crippen LogP contribution in [0.3, 0.4) is 0 Å². The molecule has 23 heavy (non-hydrogen) atoms. The molecule has 0 radical (unpaired) electrons. The van der Waals surface area contributed by atoms with E-state index in [1.807, 2.05) is 18.2 Å². The van der Waals surface area contributed by atoms with E-state index in [-0.39, 0.29) is 0 Å². The van der Waals surface area contributed by atoms with Crippen molar-refractivity contribution in [1.29, 1.82) is 0 Å². The highest BCUT2D eigenvalue weighted by Crippen LogP contribution is 2.22. The predicted octanol–water partition coefficient (Wildman–Crippen LogP) is 4.63. The number of fused-ring (bicyclic) bond motifs is 2. The van der Waals surface area contributed by atoms with E-state index in [9.17, 15) is 0 Å². The molecule has 2 aromatic heterocycles. The number of halogens is 1. The lowest BCUT2D eigenvalue weighted by molar-refractivity contribution is 1.18. The fourth-order valence-corrected chi connectivity index (χ4v) is 2.88. The molecule has 0 aliphatic heterocycles. The second kappa shape index (κ2) is 5.31. The summed E-state index contributed by atoms with van der Waals surface area (Å²) in [6.07, 6.45) is 1.80. The van der Waals surface area contributed by atoms with Gasteiger partial charge in [0.15, 0.2) is 0 Å². The number of anilines is 2. The Bertz CT molecular complexity index is 999. The maximum absolute atomic E-state index is 4.55. The number of H-pyrrole nitrogens is 1. The van der Waals surface area contributed by atoms with Gasteiger partial charge in [0.05, 0.1) is 16.6 Å². The molecule has 0 fully saturated rings. The van der Waals surface area contributed by atoms with E-state index in [0.717, 1.165) is 26.4 Å². The van der Waals surface area contributed by atoms with Gasteiger partial charge < -0.3 is 4.98 Å². The number of benzene rings is 2. The van der Waals surface area contributed by atoms with Gasteiger partial charge in [-0.3, -0.25) is 5.32 Å². The Kier molecular flexibility index (Phi) is 3.27. The summed E-state index contributed by atoms with van der Waals surface area (Å²) in [5.41, 5.74) is 5.28. The maximum atomic E-state index is 4.55. The number of aromatic nitrogens is 4. The van der Waals surface area contributed by atoms with Crippen molar-refractivity contribution in [3.63, 3.8) is 0 Å². The Hall–Kier alpha value is -2.47. The van der Waals surface area contributed by atoms with Gasteiger partial charge in [0.2, 0.25) is 11.9 Å². The molecule has 5 nitrogen and oxygen atoms in total. The van der Waals surface area contributed by atoms with Crippen LogP contribution in [0, 0.1) is 13.8 Å². The smallest absolute Gasteiger partial charge is 0.230 e. The molecular formula is C17H14BrN5. The highest BCUT2D eigenvalue weighted by atomic mass is 79.9. The van der Waals surface area contributed by atoms with Crippen LogP contribution in [0.25, 0.3) is 21.9 Å². The molecule has 2 heterocycles. The largest absolute Gasteiger partial charge is 0.324 e. The second-order valence-corrected chi connectivity index (χ2v) is 6.48. The van der Waals surface area contributed by atoms with Crippen LogP contribution in [-0.2, 0) is 0 Å². The van der Waals surface area contributed by atoms with Crippen molar-refractivity contribution in [1.82, 2.24) is 19.9 Å². The number of hydrogen-bond donors (Lipinski definition) is 2. The molecule has 6 heteroatoms. The second-order valence-electron chi connectivity index (χ2n) is 5.56. The number of rotatable bonds is 2. The van der Waals surface area contributed by atoms with E-state index in [1.54, 1.807) is 6.20 Å². The van der Waals surface area contributed by atoms with Crippen molar-refractivity contribution in [3.05, 3.63) is 52.1 Å². The minimum Gasteiger partial charge on any atom is -0.324 e. The first-order chi connectivity index (χ1) is 11.1. The molecule has 0 unspecified atom stereocenters. The molecule has 4 aromatic rings. The Morgan fingerprint density at radius 2 is 1.83 bits per heavy atom. The fraction of sp³-hybridized carbons (Fsp3) is 0.118. The van der Waals surface area contributed by atoms with Crippen molar-refractivity contribution in [3.8, 4) is 0 Å². The highest BCUT2D eigenvalue weighted by Gasteiger charge is 2.07. The molecule has 0 saturated carbocycles. The Morgan fingerprint density at radius 1 is 1.00 bits per heavy atom. The van der Waals surface area contributed by atoms with Crippen molar-refractivity contribution in [2.75, 3.05) is 5.32 Å². The van der Waals surface area contributed by atoms with Crippen LogP contribution in [0.5, 0.6) is 0 Å². The summed E-state index contributed by atoms with van der Waals surface area (Å²) >= 11 is 3.45. The van der Waals surface area contributed by atoms with Crippen LogP contribution in [0.4, 0.5) is 11.9 Å². The molecule has 0 amide bonds. The SMILES string of the molecule is Cc1cc2nc(Nc3ncc4cc(Br)ccc4n3)[nH]c2cc1C. The summed E-state index contributed by atoms with van der Waals surface area (Å²) in [5, 5.41) is 4.13. The summed E-state index contributed by atoms with van der Waals surface area (Å²) in [6.45, 7) is 4.18. The van der Waals surface area contributed by atoms with Gasteiger partial charge >= 0.3 is 0 Å². The minimum atomic E-state index is 0.521. The summed E-state index contributed by atoms with van der Waals surface area (Å²) in [4.78, 5) is 16.7. The normalized spacial score (nSPS) is 11.3. The average Bonchev–Trinajstić information content (AvgIpc) is 2.89. The molecule has 0 aliphatic carbocycles. The van der Waals surface area contributed by atoms with E-state index in [1.165, 1.54) is 11.1 Å². The molecule has 114 valence electrons. The van der Waals surface area contributed by atoms with Crippen LogP contribution in [0.2, 0.25) is 0 Å². The molecule has 0 spiro atoms. The van der Waals surface area contributed by atoms with Crippen molar-refractivity contribution >= 4 is 49.8 Å². The van der Waals surface area contributed by atoms with Crippen LogP contribution < -0.4 is 5.32 Å². The van der Waals surface area contributed by atoms with Gasteiger partial charge in [-0.15, -0.1) is 0 Å². The first-order valence-electron chi connectivity index (χ1n) is 7.25. The van der Waals surface area contributed by atoms with Crippen LogP contribution in [0.15, 0.2) is 41.0 Å². The zero-order chi connectivity index (χ0) is 16.0. The summed E-state index contributed by atoms with van der Waals surface area (Å²) in [5.74, 6) is 1.16. The number of aromatic amines is 1. The molecule has 0 atom stereocenters. The molecule has 2 N–H and O–H groups in total. The highest BCUT2D eigenvalue weighted by molar-refractivity contribution is 9.10. The Morgan fingerprint density at radius 3 is 2.70 bits per heavy atom. The van der Waals surface area contributed by atoms with Gasteiger partial charge in [0.25, 0.3) is 0 Å². The summed E-state index contributed by atoms with van der Waals surface area (Å²) < 4.78 is 1.01. The minimum absolute atomic E-state index is 0.521. The topological polar surface area (TPSA) is 66.5 Å². The van der Waals surface area contributed by atoms with Gasteiger partial charge in [-0.25, -0.2) is 15.0 Å². The van der Waals surface area contributed by atoms with Crippen LogP contribution >= 0.6 is 15.9 Å². The lowest BCUT2D eigenvalue weighted by atomic mass is 10.1. The lowest BCUT2D eigenvalue weighted by Gasteiger charge is -2.03.